The second-order valence-electron chi connectivity index (χ2n) is 24.1. The molecule has 7 aliphatic rings. The van der Waals surface area contributed by atoms with E-state index in [1.165, 1.54) is 154 Å². The van der Waals surface area contributed by atoms with Gasteiger partial charge in [0, 0.05) is 13.2 Å². The van der Waals surface area contributed by atoms with Gasteiger partial charge in [0.1, 0.15) is 12.3 Å². The Balaban J connectivity index is 0.724. The Labute approximate surface area is 391 Å². The molecule has 0 amide bonds. The minimum absolute atomic E-state index is 0.111. The highest BCUT2D eigenvalue weighted by molar-refractivity contribution is 4.93. The van der Waals surface area contributed by atoms with E-state index in [9.17, 15) is 0 Å². The lowest BCUT2D eigenvalue weighted by Gasteiger charge is -2.44. The molecule has 0 aromatic carbocycles. The highest BCUT2D eigenvalue weighted by Crippen LogP contribution is 2.51. The second-order valence-corrected chi connectivity index (χ2v) is 24.1. The van der Waals surface area contributed by atoms with Crippen molar-refractivity contribution in [2.45, 2.75) is 282 Å². The Bertz CT molecular complexity index is 1140. The SMILES string of the molecule is CCCCCCOC1CCC(CCC2CCC(C3CCC(C4CCCC(C5CCC(C6CCC(CCC7CCC(OCCCCCC)C(F)C7F)CC6)CC5)C4)CC3)CC2)C(F)C1F. The average Bonchev–Trinajstić information content (AvgIpc) is 3.34. The summed E-state index contributed by atoms with van der Waals surface area (Å²) in [6, 6.07) is 0. The van der Waals surface area contributed by atoms with Gasteiger partial charge in [0.05, 0.1) is 12.2 Å². The van der Waals surface area contributed by atoms with Crippen LogP contribution in [0.1, 0.15) is 245 Å². The molecule has 64 heavy (non-hydrogen) atoms. The van der Waals surface area contributed by atoms with Crippen LogP contribution < -0.4 is 0 Å². The zero-order chi connectivity index (χ0) is 44.7. The molecule has 0 heterocycles. The van der Waals surface area contributed by atoms with Gasteiger partial charge in [-0.2, -0.15) is 0 Å². The van der Waals surface area contributed by atoms with Crippen LogP contribution in [0.15, 0.2) is 0 Å². The Morgan fingerprint density at radius 1 is 0.328 bits per heavy atom. The Morgan fingerprint density at radius 2 is 0.672 bits per heavy atom. The summed E-state index contributed by atoms with van der Waals surface area (Å²) in [5.41, 5.74) is 0. The van der Waals surface area contributed by atoms with Crippen molar-refractivity contribution in [3.05, 3.63) is 0 Å². The summed E-state index contributed by atoms with van der Waals surface area (Å²) in [5.74, 6) is 8.80. The number of unbranched alkanes of at least 4 members (excludes halogenated alkanes) is 6. The number of hydrogen-bond acceptors (Lipinski definition) is 2. The van der Waals surface area contributed by atoms with E-state index in [1.54, 1.807) is 0 Å². The largest absolute Gasteiger partial charge is 0.375 e. The quantitative estimate of drug-likeness (QED) is 0.0796. The number of rotatable bonds is 22. The molecule has 0 bridgehead atoms. The Morgan fingerprint density at radius 3 is 1.03 bits per heavy atom. The van der Waals surface area contributed by atoms with Crippen LogP contribution >= 0.6 is 0 Å². The molecule has 7 saturated carbocycles. The summed E-state index contributed by atoms with van der Waals surface area (Å²) < 4.78 is 72.0. The van der Waals surface area contributed by atoms with E-state index < -0.39 is 36.9 Å². The zero-order valence-electron chi connectivity index (χ0n) is 41.6. The average molecular weight is 905 g/mol. The first-order valence-corrected chi connectivity index (χ1v) is 29.1. The molecule has 372 valence electrons. The number of halogens is 4. The van der Waals surface area contributed by atoms with Gasteiger partial charge in [0.2, 0.25) is 0 Å². The topological polar surface area (TPSA) is 18.5 Å². The predicted octanol–water partition coefficient (Wildman–Crippen LogP) is 17.7. The molecule has 0 saturated heterocycles. The third-order valence-corrected chi connectivity index (χ3v) is 20.3. The van der Waals surface area contributed by atoms with Gasteiger partial charge < -0.3 is 9.47 Å². The van der Waals surface area contributed by atoms with Crippen molar-refractivity contribution in [2.75, 3.05) is 13.2 Å². The van der Waals surface area contributed by atoms with Gasteiger partial charge in [-0.15, -0.1) is 0 Å². The first kappa shape index (κ1) is 51.5. The van der Waals surface area contributed by atoms with Gasteiger partial charge in [-0.1, -0.05) is 110 Å². The molecule has 7 aliphatic carbocycles. The van der Waals surface area contributed by atoms with Gasteiger partial charge >= 0.3 is 0 Å². The predicted molar refractivity (Wildman–Crippen MR) is 259 cm³/mol. The Kier molecular flexibility index (Phi) is 21.8. The fourth-order valence-electron chi connectivity index (χ4n) is 15.9. The van der Waals surface area contributed by atoms with E-state index in [0.29, 0.717) is 26.1 Å². The lowest BCUT2D eigenvalue weighted by molar-refractivity contribution is -0.0770. The van der Waals surface area contributed by atoms with Crippen LogP contribution in [0.3, 0.4) is 0 Å². The van der Waals surface area contributed by atoms with Crippen molar-refractivity contribution < 1.29 is 27.0 Å². The molecule has 0 radical (unpaired) electrons. The van der Waals surface area contributed by atoms with E-state index >= 15 is 17.6 Å². The summed E-state index contributed by atoms with van der Waals surface area (Å²) in [4.78, 5) is 0. The molecule has 10 unspecified atom stereocenters. The van der Waals surface area contributed by atoms with Crippen LogP contribution in [0.2, 0.25) is 0 Å². The van der Waals surface area contributed by atoms with Gasteiger partial charge in [-0.05, 0) is 206 Å². The number of hydrogen-bond donors (Lipinski definition) is 0. The summed E-state index contributed by atoms with van der Waals surface area (Å²) in [6.07, 6.45) is 37.6. The Hall–Kier alpha value is -0.360. The minimum atomic E-state index is -1.44. The minimum Gasteiger partial charge on any atom is -0.375 e. The normalized spacial score (nSPS) is 42.7. The maximum atomic E-state index is 15.2. The first-order valence-electron chi connectivity index (χ1n) is 29.1. The van der Waals surface area contributed by atoms with Crippen LogP contribution in [-0.4, -0.2) is 50.1 Å². The fourth-order valence-corrected chi connectivity index (χ4v) is 15.9. The summed E-state index contributed by atoms with van der Waals surface area (Å²) in [5, 5.41) is 0. The first-order chi connectivity index (χ1) is 31.3. The van der Waals surface area contributed by atoms with Crippen LogP contribution in [0.4, 0.5) is 17.6 Å². The van der Waals surface area contributed by atoms with E-state index in [-0.39, 0.29) is 11.8 Å². The molecular weight excluding hydrogens is 805 g/mol. The fraction of sp³-hybridized carbons (Fsp3) is 1.00. The van der Waals surface area contributed by atoms with E-state index in [2.05, 4.69) is 13.8 Å². The smallest absolute Gasteiger partial charge is 0.157 e. The monoisotopic (exact) mass is 905 g/mol. The molecule has 0 spiro atoms. The third kappa shape index (κ3) is 14.8. The van der Waals surface area contributed by atoms with Crippen LogP contribution in [-0.2, 0) is 9.47 Å². The number of alkyl halides is 4. The van der Waals surface area contributed by atoms with E-state index in [4.69, 9.17) is 9.47 Å². The van der Waals surface area contributed by atoms with Crippen molar-refractivity contribution >= 4 is 0 Å². The molecule has 0 N–H and O–H groups in total. The molecule has 0 aliphatic heterocycles. The van der Waals surface area contributed by atoms with Crippen molar-refractivity contribution in [3.8, 4) is 0 Å². The van der Waals surface area contributed by atoms with Crippen molar-refractivity contribution in [1.82, 2.24) is 0 Å². The molecule has 0 aromatic rings. The van der Waals surface area contributed by atoms with Crippen LogP contribution in [0.5, 0.6) is 0 Å². The molecule has 10 atom stereocenters. The lowest BCUT2D eigenvalue weighted by Crippen LogP contribution is -2.43. The summed E-state index contributed by atoms with van der Waals surface area (Å²) >= 11 is 0. The maximum Gasteiger partial charge on any atom is 0.157 e. The van der Waals surface area contributed by atoms with E-state index in [0.717, 1.165) is 123 Å². The highest BCUT2D eigenvalue weighted by Gasteiger charge is 2.43. The number of ether oxygens (including phenoxy) is 2. The van der Waals surface area contributed by atoms with Gasteiger partial charge in [-0.3, -0.25) is 0 Å². The standard InChI is InChI=1S/C58H100F4O2/c1-3-5-7-9-38-63-53-36-34-49(55(59)57(53)61)24-18-41-14-20-43(21-15-41)45-26-30-47(31-27-45)51-12-11-13-52(40-51)48-32-28-46(29-33-48)44-22-16-42(17-23-44)19-25-50-35-37-54(58(62)56(50)60)64-39-10-8-6-4-2/h41-58H,3-40H2,1-2H3. The summed E-state index contributed by atoms with van der Waals surface area (Å²) in [6.45, 7) is 5.53. The zero-order valence-corrected chi connectivity index (χ0v) is 41.6. The van der Waals surface area contributed by atoms with Gasteiger partial charge in [-0.25, -0.2) is 17.6 Å². The van der Waals surface area contributed by atoms with Crippen molar-refractivity contribution in [1.29, 1.82) is 0 Å². The van der Waals surface area contributed by atoms with Gasteiger partial charge in [0.15, 0.2) is 12.3 Å². The van der Waals surface area contributed by atoms with Gasteiger partial charge in [0.25, 0.3) is 0 Å². The van der Waals surface area contributed by atoms with Crippen molar-refractivity contribution in [2.24, 2.45) is 71.0 Å². The van der Waals surface area contributed by atoms with Crippen LogP contribution in [0, 0.1) is 71.0 Å². The van der Waals surface area contributed by atoms with E-state index in [1.807, 2.05) is 0 Å². The second kappa shape index (κ2) is 27.1. The molecular formula is C58H100F4O2. The molecule has 6 heteroatoms. The van der Waals surface area contributed by atoms with Crippen molar-refractivity contribution in [3.63, 3.8) is 0 Å². The maximum absolute atomic E-state index is 15.2. The highest BCUT2D eigenvalue weighted by atomic mass is 19.2. The molecule has 7 fully saturated rings. The molecule has 0 aromatic heterocycles. The molecule has 2 nitrogen and oxygen atoms in total. The lowest BCUT2D eigenvalue weighted by atomic mass is 9.61. The van der Waals surface area contributed by atoms with Crippen LogP contribution in [0.25, 0.3) is 0 Å². The third-order valence-electron chi connectivity index (χ3n) is 20.3. The molecule has 7 rings (SSSR count). The summed E-state index contributed by atoms with van der Waals surface area (Å²) in [7, 11) is 0.